The quantitative estimate of drug-likeness (QED) is 0.455. The molecule has 0 saturated heterocycles. The number of benzene rings is 2. The van der Waals surface area contributed by atoms with Gasteiger partial charge < -0.3 is 14.9 Å². The minimum absolute atomic E-state index is 0. The zero-order chi connectivity index (χ0) is 19.5. The summed E-state index contributed by atoms with van der Waals surface area (Å²) in [5.41, 5.74) is 4.45. The van der Waals surface area contributed by atoms with E-state index >= 15 is 0 Å². The second-order valence-corrected chi connectivity index (χ2v) is 6.26. The van der Waals surface area contributed by atoms with Gasteiger partial charge in [-0.2, -0.15) is 0 Å². The van der Waals surface area contributed by atoms with Gasteiger partial charge in [-0.15, -0.1) is 0 Å². The standard InChI is InChI=1S/C23H18N2O3.Mn/c1-28-17-8-11-23(27)19(12-17)16-7-10-21(25-14-16)20-9-6-15(13-24-20)18-4-2-3-5-22(18)26;/h2-14,26-27H,1H3;. The number of phenols is 2. The molecule has 0 amide bonds. The fourth-order valence-corrected chi connectivity index (χ4v) is 3.00. The largest absolute Gasteiger partial charge is 0.507 e. The first kappa shape index (κ1) is 20.4. The molecule has 0 aliphatic heterocycles. The maximum atomic E-state index is 10.1. The van der Waals surface area contributed by atoms with Crippen molar-refractivity contribution in [3.8, 4) is 50.9 Å². The van der Waals surface area contributed by atoms with Crippen molar-refractivity contribution in [2.24, 2.45) is 0 Å². The van der Waals surface area contributed by atoms with Crippen LogP contribution in [0.4, 0.5) is 0 Å². The van der Waals surface area contributed by atoms with E-state index in [1.54, 1.807) is 49.8 Å². The van der Waals surface area contributed by atoms with Gasteiger partial charge in [0.25, 0.3) is 0 Å². The van der Waals surface area contributed by atoms with E-state index in [1.807, 2.05) is 36.4 Å². The molecule has 2 aromatic carbocycles. The molecule has 5 nitrogen and oxygen atoms in total. The van der Waals surface area contributed by atoms with Crippen molar-refractivity contribution in [3.63, 3.8) is 0 Å². The summed E-state index contributed by atoms with van der Waals surface area (Å²) >= 11 is 0. The summed E-state index contributed by atoms with van der Waals surface area (Å²) in [7, 11) is 1.59. The number of nitrogens with zero attached hydrogens (tertiary/aromatic N) is 2. The van der Waals surface area contributed by atoms with Gasteiger partial charge in [0.05, 0.1) is 18.5 Å². The van der Waals surface area contributed by atoms with Crippen LogP contribution in [0.15, 0.2) is 79.1 Å². The van der Waals surface area contributed by atoms with Crippen LogP contribution < -0.4 is 4.74 Å². The van der Waals surface area contributed by atoms with Crippen molar-refractivity contribution in [2.45, 2.75) is 0 Å². The first-order chi connectivity index (χ1) is 13.7. The van der Waals surface area contributed by atoms with Crippen molar-refractivity contribution in [1.29, 1.82) is 0 Å². The molecule has 2 heterocycles. The molecular weight excluding hydrogens is 407 g/mol. The summed E-state index contributed by atoms with van der Waals surface area (Å²) in [5.74, 6) is 1.05. The van der Waals surface area contributed by atoms with Crippen LogP contribution in [0.3, 0.4) is 0 Å². The van der Waals surface area contributed by atoms with Crippen molar-refractivity contribution < 1.29 is 32.0 Å². The third-order valence-electron chi connectivity index (χ3n) is 4.52. The average molecular weight is 425 g/mol. The number of pyridine rings is 2. The van der Waals surface area contributed by atoms with Crippen LogP contribution in [0.1, 0.15) is 0 Å². The molecule has 4 rings (SSSR count). The Morgan fingerprint density at radius 2 is 1.28 bits per heavy atom. The molecule has 0 aliphatic rings. The van der Waals surface area contributed by atoms with Crippen LogP contribution in [0.5, 0.6) is 17.2 Å². The summed E-state index contributed by atoms with van der Waals surface area (Å²) in [5, 5.41) is 20.1. The second-order valence-electron chi connectivity index (χ2n) is 6.26. The number of phenolic OH excluding ortho intramolecular Hbond substituents is 2. The third kappa shape index (κ3) is 4.24. The summed E-state index contributed by atoms with van der Waals surface area (Å²) in [6.45, 7) is 0. The maximum absolute atomic E-state index is 10.1. The van der Waals surface area contributed by atoms with Gasteiger partial charge in [0.15, 0.2) is 0 Å². The molecule has 145 valence electrons. The van der Waals surface area contributed by atoms with Gasteiger partial charge in [-0.1, -0.05) is 30.3 Å². The Kier molecular flexibility index (Phi) is 6.17. The molecule has 0 unspecified atom stereocenters. The predicted molar refractivity (Wildman–Crippen MR) is 108 cm³/mol. The van der Waals surface area contributed by atoms with E-state index in [0.29, 0.717) is 11.3 Å². The van der Waals surface area contributed by atoms with Crippen molar-refractivity contribution >= 4 is 0 Å². The Hall–Kier alpha value is -3.34. The average Bonchev–Trinajstić information content (AvgIpc) is 2.75. The molecule has 4 aromatic rings. The SMILES string of the molecule is COc1ccc(O)c(-c2ccc(-c3ccc(-c4ccccc4O)cn3)nc2)c1.[Mn]. The van der Waals surface area contributed by atoms with E-state index in [-0.39, 0.29) is 28.6 Å². The first-order valence-corrected chi connectivity index (χ1v) is 8.74. The third-order valence-corrected chi connectivity index (χ3v) is 4.52. The van der Waals surface area contributed by atoms with Gasteiger partial charge in [0.1, 0.15) is 17.2 Å². The van der Waals surface area contributed by atoms with Crippen LogP contribution in [-0.2, 0) is 17.1 Å². The molecule has 6 heteroatoms. The summed E-state index contributed by atoms with van der Waals surface area (Å²) in [6.07, 6.45) is 3.41. The molecular formula is C23H18MnN2O3. The Balaban J connectivity index is 0.00000240. The van der Waals surface area contributed by atoms with E-state index in [4.69, 9.17) is 4.74 Å². The van der Waals surface area contributed by atoms with Crippen LogP contribution in [0, 0.1) is 0 Å². The van der Waals surface area contributed by atoms with Crippen LogP contribution in [-0.4, -0.2) is 27.3 Å². The molecule has 0 spiro atoms. The van der Waals surface area contributed by atoms with Crippen LogP contribution in [0.2, 0.25) is 0 Å². The van der Waals surface area contributed by atoms with Gasteiger partial charge in [-0.3, -0.25) is 9.97 Å². The second kappa shape index (κ2) is 8.78. The molecule has 0 fully saturated rings. The van der Waals surface area contributed by atoms with E-state index < -0.39 is 0 Å². The van der Waals surface area contributed by atoms with E-state index in [0.717, 1.165) is 28.1 Å². The Labute approximate surface area is 179 Å². The number of hydrogen-bond acceptors (Lipinski definition) is 5. The van der Waals surface area contributed by atoms with Gasteiger partial charge >= 0.3 is 0 Å². The minimum Gasteiger partial charge on any atom is -0.507 e. The Morgan fingerprint density at radius 1 is 0.690 bits per heavy atom. The van der Waals surface area contributed by atoms with Gasteiger partial charge in [-0.05, 0) is 36.4 Å². The molecule has 0 saturated carbocycles. The van der Waals surface area contributed by atoms with E-state index in [9.17, 15) is 10.2 Å². The normalized spacial score (nSPS) is 10.2. The summed E-state index contributed by atoms with van der Waals surface area (Å²) < 4.78 is 5.22. The number of methoxy groups -OCH3 is 1. The Bertz CT molecular complexity index is 1110. The minimum atomic E-state index is 0. The fraction of sp³-hybridized carbons (Fsp3) is 0.0435. The monoisotopic (exact) mass is 425 g/mol. The molecule has 29 heavy (non-hydrogen) atoms. The number of aromatic hydroxyl groups is 2. The molecule has 0 atom stereocenters. The smallest absolute Gasteiger partial charge is 0.123 e. The van der Waals surface area contributed by atoms with Gasteiger partial charge in [0.2, 0.25) is 0 Å². The summed E-state index contributed by atoms with van der Waals surface area (Å²) in [6, 6.07) is 19.7. The number of rotatable bonds is 4. The molecule has 1 radical (unpaired) electrons. The van der Waals surface area contributed by atoms with Crippen LogP contribution >= 0.6 is 0 Å². The van der Waals surface area contributed by atoms with Crippen LogP contribution in [0.25, 0.3) is 33.6 Å². The zero-order valence-electron chi connectivity index (χ0n) is 15.6. The van der Waals surface area contributed by atoms with Gasteiger partial charge in [0, 0.05) is 51.7 Å². The predicted octanol–water partition coefficient (Wildman–Crippen LogP) is 4.89. The molecule has 0 bridgehead atoms. The number of para-hydroxylation sites is 1. The molecule has 2 aromatic heterocycles. The number of hydrogen-bond donors (Lipinski definition) is 2. The van der Waals surface area contributed by atoms with E-state index in [1.165, 1.54) is 0 Å². The molecule has 0 aliphatic carbocycles. The van der Waals surface area contributed by atoms with E-state index in [2.05, 4.69) is 9.97 Å². The first-order valence-electron chi connectivity index (χ1n) is 8.74. The Morgan fingerprint density at radius 3 is 1.83 bits per heavy atom. The zero-order valence-corrected chi connectivity index (χ0v) is 16.8. The van der Waals surface area contributed by atoms with Crippen molar-refractivity contribution in [1.82, 2.24) is 9.97 Å². The number of aromatic nitrogens is 2. The number of ether oxygens (including phenoxy) is 1. The topological polar surface area (TPSA) is 75.5 Å². The molecule has 2 N–H and O–H groups in total. The van der Waals surface area contributed by atoms with Crippen molar-refractivity contribution in [2.75, 3.05) is 7.11 Å². The summed E-state index contributed by atoms with van der Waals surface area (Å²) in [4.78, 5) is 8.95. The van der Waals surface area contributed by atoms with Crippen molar-refractivity contribution in [3.05, 3.63) is 79.1 Å². The maximum Gasteiger partial charge on any atom is 0.123 e. The van der Waals surface area contributed by atoms with Gasteiger partial charge in [-0.25, -0.2) is 0 Å². The fourth-order valence-electron chi connectivity index (χ4n) is 3.00.